The molecular formula is C24H21NO2. The normalized spacial score (nSPS) is 11.0. The molecule has 1 amide bonds. The third-order valence-corrected chi connectivity index (χ3v) is 4.78. The maximum Gasteiger partial charge on any atom is 0.232 e. The van der Waals surface area contributed by atoms with Crippen molar-refractivity contribution in [3.05, 3.63) is 108 Å². The van der Waals surface area contributed by atoms with Crippen LogP contribution in [0.5, 0.6) is 0 Å². The molecular weight excluding hydrogens is 334 g/mol. The predicted molar refractivity (Wildman–Crippen MR) is 108 cm³/mol. The van der Waals surface area contributed by atoms with Crippen molar-refractivity contribution in [2.75, 3.05) is 6.54 Å². The molecule has 0 unspecified atom stereocenters. The van der Waals surface area contributed by atoms with E-state index in [4.69, 9.17) is 4.42 Å². The molecule has 3 aromatic carbocycles. The molecule has 0 aliphatic carbocycles. The van der Waals surface area contributed by atoms with E-state index in [1.807, 2.05) is 84.9 Å². The van der Waals surface area contributed by atoms with Gasteiger partial charge in [0.15, 0.2) is 0 Å². The monoisotopic (exact) mass is 355 g/mol. The number of amides is 1. The van der Waals surface area contributed by atoms with Crippen LogP contribution in [0, 0.1) is 0 Å². The van der Waals surface area contributed by atoms with Crippen LogP contribution in [0.25, 0.3) is 11.0 Å². The van der Waals surface area contributed by atoms with Crippen LogP contribution in [0.3, 0.4) is 0 Å². The summed E-state index contributed by atoms with van der Waals surface area (Å²) in [6.45, 7) is 0.568. The zero-order valence-corrected chi connectivity index (χ0v) is 15.0. The number of benzene rings is 3. The molecule has 4 aromatic rings. The molecule has 1 heterocycles. The fraction of sp³-hybridized carbons (Fsp3) is 0.125. The van der Waals surface area contributed by atoms with Gasteiger partial charge in [0.1, 0.15) is 5.58 Å². The highest BCUT2D eigenvalue weighted by atomic mass is 16.3. The summed E-state index contributed by atoms with van der Waals surface area (Å²) < 4.78 is 5.58. The third-order valence-electron chi connectivity index (χ3n) is 4.78. The molecule has 0 saturated carbocycles. The highest BCUT2D eigenvalue weighted by molar-refractivity contribution is 5.87. The summed E-state index contributed by atoms with van der Waals surface area (Å²) in [6.07, 6.45) is 2.52. The fourth-order valence-corrected chi connectivity index (χ4v) is 3.43. The first kappa shape index (κ1) is 17.1. The molecule has 27 heavy (non-hydrogen) atoms. The Morgan fingerprint density at radius 2 is 1.41 bits per heavy atom. The Morgan fingerprint density at radius 3 is 2.07 bits per heavy atom. The molecule has 3 heteroatoms. The molecule has 1 N–H and O–H groups in total. The van der Waals surface area contributed by atoms with Gasteiger partial charge >= 0.3 is 0 Å². The molecule has 0 aliphatic rings. The van der Waals surface area contributed by atoms with E-state index in [1.165, 1.54) is 0 Å². The summed E-state index contributed by atoms with van der Waals surface area (Å²) >= 11 is 0. The van der Waals surface area contributed by atoms with Crippen molar-refractivity contribution in [1.29, 1.82) is 0 Å². The van der Waals surface area contributed by atoms with Gasteiger partial charge in [-0.15, -0.1) is 0 Å². The first-order chi connectivity index (χ1) is 13.3. The van der Waals surface area contributed by atoms with Crippen LogP contribution in [0.2, 0.25) is 0 Å². The van der Waals surface area contributed by atoms with Crippen molar-refractivity contribution in [1.82, 2.24) is 5.32 Å². The van der Waals surface area contributed by atoms with E-state index in [0.29, 0.717) is 6.54 Å². The smallest absolute Gasteiger partial charge is 0.232 e. The second kappa shape index (κ2) is 7.92. The quantitative estimate of drug-likeness (QED) is 0.533. The van der Waals surface area contributed by atoms with Crippen molar-refractivity contribution in [3.8, 4) is 0 Å². The lowest BCUT2D eigenvalue weighted by molar-refractivity contribution is -0.121. The van der Waals surface area contributed by atoms with Crippen molar-refractivity contribution < 1.29 is 9.21 Å². The van der Waals surface area contributed by atoms with E-state index in [1.54, 1.807) is 6.26 Å². The average Bonchev–Trinajstić information content (AvgIpc) is 3.13. The van der Waals surface area contributed by atoms with Gasteiger partial charge in [0.2, 0.25) is 5.91 Å². The van der Waals surface area contributed by atoms with E-state index in [9.17, 15) is 4.79 Å². The second-order valence-corrected chi connectivity index (χ2v) is 6.55. The number of hydrogen-bond acceptors (Lipinski definition) is 2. The van der Waals surface area contributed by atoms with Gasteiger partial charge < -0.3 is 9.73 Å². The van der Waals surface area contributed by atoms with Crippen LogP contribution < -0.4 is 5.32 Å². The molecule has 134 valence electrons. The fourth-order valence-electron chi connectivity index (χ4n) is 3.43. The molecule has 0 radical (unpaired) electrons. The number of hydrogen-bond donors (Lipinski definition) is 1. The number of furan rings is 1. The third kappa shape index (κ3) is 3.77. The van der Waals surface area contributed by atoms with Gasteiger partial charge in [-0.2, -0.15) is 0 Å². The molecule has 0 saturated heterocycles. The lowest BCUT2D eigenvalue weighted by Crippen LogP contribution is -2.31. The van der Waals surface area contributed by atoms with Crippen LogP contribution in [0.4, 0.5) is 0 Å². The van der Waals surface area contributed by atoms with Gasteiger partial charge in [-0.25, -0.2) is 0 Å². The zero-order valence-electron chi connectivity index (χ0n) is 15.0. The van der Waals surface area contributed by atoms with Gasteiger partial charge in [-0.05, 0) is 29.2 Å². The number of para-hydroxylation sites is 1. The van der Waals surface area contributed by atoms with Crippen LogP contribution in [0.1, 0.15) is 22.6 Å². The molecule has 0 aliphatic heterocycles. The minimum absolute atomic E-state index is 0.0141. The molecule has 1 aromatic heterocycles. The maximum absolute atomic E-state index is 13.0. The Hall–Kier alpha value is -3.33. The molecule has 3 nitrogen and oxygen atoms in total. The van der Waals surface area contributed by atoms with E-state index in [2.05, 4.69) is 5.32 Å². The Kier molecular flexibility index (Phi) is 5.01. The molecule has 0 spiro atoms. The highest BCUT2D eigenvalue weighted by Gasteiger charge is 2.22. The van der Waals surface area contributed by atoms with Crippen molar-refractivity contribution >= 4 is 16.9 Å². The summed E-state index contributed by atoms with van der Waals surface area (Å²) in [5.41, 5.74) is 3.98. The first-order valence-corrected chi connectivity index (χ1v) is 9.15. The predicted octanol–water partition coefficient (Wildman–Crippen LogP) is 4.92. The number of carbonyl (C=O) groups is 1. The number of rotatable bonds is 6. The molecule has 0 fully saturated rings. The van der Waals surface area contributed by atoms with Gasteiger partial charge in [-0.3, -0.25) is 4.79 Å². The Balaban J connectivity index is 1.49. The van der Waals surface area contributed by atoms with Crippen molar-refractivity contribution in [3.63, 3.8) is 0 Å². The standard InChI is InChI=1S/C24H21NO2/c26-24(25-16-15-20-17-27-22-14-8-7-13-21(20)22)23(18-9-3-1-4-10-18)19-11-5-2-6-12-19/h1-14,17,23H,15-16H2,(H,25,26). The number of nitrogens with one attached hydrogen (secondary N) is 1. The van der Waals surface area contributed by atoms with Gasteiger partial charge in [-0.1, -0.05) is 78.9 Å². The van der Waals surface area contributed by atoms with Crippen molar-refractivity contribution in [2.24, 2.45) is 0 Å². The molecule has 4 rings (SSSR count). The maximum atomic E-state index is 13.0. The van der Waals surface area contributed by atoms with E-state index >= 15 is 0 Å². The lowest BCUT2D eigenvalue weighted by Gasteiger charge is -2.18. The lowest BCUT2D eigenvalue weighted by atomic mass is 9.90. The van der Waals surface area contributed by atoms with Crippen LogP contribution >= 0.6 is 0 Å². The first-order valence-electron chi connectivity index (χ1n) is 9.15. The Bertz CT molecular complexity index is 982. The minimum atomic E-state index is -0.312. The SMILES string of the molecule is O=C(NCCc1coc2ccccc12)C(c1ccccc1)c1ccccc1. The van der Waals surface area contributed by atoms with Gasteiger partial charge in [0, 0.05) is 11.9 Å². The summed E-state index contributed by atoms with van der Waals surface area (Å²) in [7, 11) is 0. The van der Waals surface area contributed by atoms with E-state index in [0.717, 1.165) is 34.1 Å². The largest absolute Gasteiger partial charge is 0.464 e. The minimum Gasteiger partial charge on any atom is -0.464 e. The van der Waals surface area contributed by atoms with Crippen molar-refractivity contribution in [2.45, 2.75) is 12.3 Å². The Labute approximate surface area is 158 Å². The average molecular weight is 355 g/mol. The second-order valence-electron chi connectivity index (χ2n) is 6.55. The van der Waals surface area contributed by atoms with E-state index in [-0.39, 0.29) is 11.8 Å². The van der Waals surface area contributed by atoms with E-state index < -0.39 is 0 Å². The van der Waals surface area contributed by atoms with Gasteiger partial charge in [0.25, 0.3) is 0 Å². The number of carbonyl (C=O) groups excluding carboxylic acids is 1. The van der Waals surface area contributed by atoms with Crippen LogP contribution in [-0.4, -0.2) is 12.5 Å². The summed E-state index contributed by atoms with van der Waals surface area (Å²) in [4.78, 5) is 13.0. The Morgan fingerprint density at radius 1 is 0.815 bits per heavy atom. The molecule has 0 bridgehead atoms. The summed E-state index contributed by atoms with van der Waals surface area (Å²) in [5, 5.41) is 4.21. The van der Waals surface area contributed by atoms with Gasteiger partial charge in [0.05, 0.1) is 12.2 Å². The van der Waals surface area contributed by atoms with Crippen LogP contribution in [0.15, 0.2) is 95.6 Å². The zero-order chi connectivity index (χ0) is 18.5. The molecule has 0 atom stereocenters. The topological polar surface area (TPSA) is 42.2 Å². The highest BCUT2D eigenvalue weighted by Crippen LogP contribution is 2.25. The summed E-state index contributed by atoms with van der Waals surface area (Å²) in [5.74, 6) is -0.298. The number of fused-ring (bicyclic) bond motifs is 1. The summed E-state index contributed by atoms with van der Waals surface area (Å²) in [6, 6.07) is 27.8. The van der Waals surface area contributed by atoms with Crippen LogP contribution in [-0.2, 0) is 11.2 Å².